The summed E-state index contributed by atoms with van der Waals surface area (Å²) in [5.41, 5.74) is 6.25. The van der Waals surface area contributed by atoms with E-state index in [0.717, 1.165) is 6.42 Å². The minimum absolute atomic E-state index is 0.0937. The Labute approximate surface area is 149 Å². The quantitative estimate of drug-likeness (QED) is 0.597. The van der Waals surface area contributed by atoms with Crippen LogP contribution >= 0.6 is 0 Å². The Balaban J connectivity index is 2.60. The van der Waals surface area contributed by atoms with Gasteiger partial charge in [0.2, 0.25) is 0 Å². The summed E-state index contributed by atoms with van der Waals surface area (Å²) in [6, 6.07) is 18.5. The standard InChI is InChI=1S/C24H33/c1-22(2,3)20-15-12-16-21(23(4,5)6)19(20)17-24(7,8)18-13-10-9-11-14-18/h10-16H,17H2,1-8H3. The van der Waals surface area contributed by atoms with Crippen LogP contribution in [-0.2, 0) is 22.7 Å². The fourth-order valence-electron chi connectivity index (χ4n) is 3.56. The van der Waals surface area contributed by atoms with Crippen LogP contribution in [-0.4, -0.2) is 0 Å². The van der Waals surface area contributed by atoms with Gasteiger partial charge in [-0.2, -0.15) is 0 Å². The molecule has 24 heavy (non-hydrogen) atoms. The molecule has 0 saturated carbocycles. The van der Waals surface area contributed by atoms with Gasteiger partial charge in [0.05, 0.1) is 0 Å². The van der Waals surface area contributed by atoms with E-state index in [4.69, 9.17) is 0 Å². The van der Waals surface area contributed by atoms with Gasteiger partial charge in [-0.3, -0.25) is 0 Å². The van der Waals surface area contributed by atoms with Gasteiger partial charge >= 0.3 is 0 Å². The molecule has 0 aliphatic rings. The monoisotopic (exact) mass is 321 g/mol. The molecule has 0 spiro atoms. The smallest absolute Gasteiger partial charge is 0.00630 e. The maximum Gasteiger partial charge on any atom is -0.00630 e. The first-order valence-electron chi connectivity index (χ1n) is 9.02. The fraction of sp³-hybridized carbons (Fsp3) is 0.500. The minimum Gasteiger partial charge on any atom is -0.0617 e. The van der Waals surface area contributed by atoms with E-state index in [-0.39, 0.29) is 16.2 Å². The van der Waals surface area contributed by atoms with Crippen molar-refractivity contribution in [3.8, 4) is 0 Å². The van der Waals surface area contributed by atoms with E-state index in [0.29, 0.717) is 0 Å². The lowest BCUT2D eigenvalue weighted by Crippen LogP contribution is -2.27. The van der Waals surface area contributed by atoms with Crippen molar-refractivity contribution in [2.75, 3.05) is 0 Å². The molecule has 0 N–H and O–H groups in total. The Bertz CT molecular complexity index is 644. The maximum absolute atomic E-state index is 3.14. The van der Waals surface area contributed by atoms with Crippen LogP contribution in [0, 0.1) is 6.07 Å². The summed E-state index contributed by atoms with van der Waals surface area (Å²) in [4.78, 5) is 0. The molecule has 0 nitrogen and oxygen atoms in total. The summed E-state index contributed by atoms with van der Waals surface area (Å²) >= 11 is 0. The van der Waals surface area contributed by atoms with Crippen LogP contribution in [0.15, 0.2) is 42.5 Å². The lowest BCUT2D eigenvalue weighted by Gasteiger charge is -2.34. The average molecular weight is 322 g/mol. The van der Waals surface area contributed by atoms with Gasteiger partial charge in [0.25, 0.3) is 0 Å². The fourth-order valence-corrected chi connectivity index (χ4v) is 3.56. The van der Waals surface area contributed by atoms with E-state index in [2.05, 4.69) is 91.8 Å². The predicted octanol–water partition coefficient (Wildman–Crippen LogP) is 6.60. The van der Waals surface area contributed by atoms with Gasteiger partial charge in [0.15, 0.2) is 0 Å². The average Bonchev–Trinajstić information content (AvgIpc) is 2.45. The van der Waals surface area contributed by atoms with Gasteiger partial charge in [-0.1, -0.05) is 97.9 Å². The minimum atomic E-state index is 0.0937. The van der Waals surface area contributed by atoms with Crippen LogP contribution in [0.5, 0.6) is 0 Å². The number of hydrogen-bond acceptors (Lipinski definition) is 0. The third-order valence-corrected chi connectivity index (χ3v) is 4.91. The molecule has 129 valence electrons. The zero-order valence-electron chi connectivity index (χ0n) is 16.7. The summed E-state index contributed by atoms with van der Waals surface area (Å²) in [6.45, 7) is 18.6. The van der Waals surface area contributed by atoms with Crippen LogP contribution in [0.4, 0.5) is 0 Å². The van der Waals surface area contributed by atoms with E-state index in [1.165, 1.54) is 22.3 Å². The van der Waals surface area contributed by atoms with E-state index in [1.807, 2.05) is 12.1 Å². The lowest BCUT2D eigenvalue weighted by atomic mass is 9.70. The van der Waals surface area contributed by atoms with Crippen molar-refractivity contribution >= 4 is 0 Å². The molecule has 0 aromatic heterocycles. The van der Waals surface area contributed by atoms with Gasteiger partial charge in [-0.25, -0.2) is 0 Å². The Morgan fingerprint density at radius 3 is 1.58 bits per heavy atom. The van der Waals surface area contributed by atoms with Crippen molar-refractivity contribution in [2.24, 2.45) is 0 Å². The summed E-state index contributed by atoms with van der Waals surface area (Å²) in [5.74, 6) is 0. The third kappa shape index (κ3) is 4.09. The van der Waals surface area contributed by atoms with Crippen molar-refractivity contribution in [1.29, 1.82) is 0 Å². The largest absolute Gasteiger partial charge is 0.0617 e. The first-order chi connectivity index (χ1) is 10.9. The zero-order chi connectivity index (χ0) is 18.2. The molecule has 0 amide bonds. The van der Waals surface area contributed by atoms with E-state index < -0.39 is 0 Å². The summed E-state index contributed by atoms with van der Waals surface area (Å²) in [6.07, 6.45) is 1.05. The molecule has 0 heterocycles. The Hall–Kier alpha value is -1.56. The third-order valence-electron chi connectivity index (χ3n) is 4.91. The van der Waals surface area contributed by atoms with Crippen LogP contribution < -0.4 is 0 Å². The highest BCUT2D eigenvalue weighted by Crippen LogP contribution is 2.38. The van der Waals surface area contributed by atoms with Crippen molar-refractivity contribution in [1.82, 2.24) is 0 Å². The lowest BCUT2D eigenvalue weighted by molar-refractivity contribution is 0.490. The first kappa shape index (κ1) is 18.8. The highest BCUT2D eigenvalue weighted by atomic mass is 14.3. The molecular weight excluding hydrogens is 288 g/mol. The molecular formula is C24H33. The number of rotatable bonds is 3. The maximum atomic E-state index is 3.14. The summed E-state index contributed by atoms with van der Waals surface area (Å²) in [7, 11) is 0. The second-order valence-electron chi connectivity index (χ2n) is 9.68. The van der Waals surface area contributed by atoms with E-state index >= 15 is 0 Å². The molecule has 2 rings (SSSR count). The molecule has 0 atom stereocenters. The molecule has 0 unspecified atom stereocenters. The Kier molecular flexibility index (Phi) is 5.00. The molecule has 0 bridgehead atoms. The van der Waals surface area contributed by atoms with Crippen LogP contribution in [0.1, 0.15) is 77.6 Å². The summed E-state index contributed by atoms with van der Waals surface area (Å²) in [5, 5.41) is 0. The molecule has 1 radical (unpaired) electrons. The number of benzene rings is 2. The normalized spacial score (nSPS) is 13.2. The van der Waals surface area contributed by atoms with Gasteiger partial charge in [0.1, 0.15) is 0 Å². The topological polar surface area (TPSA) is 0 Å². The summed E-state index contributed by atoms with van der Waals surface area (Å²) < 4.78 is 0. The van der Waals surface area contributed by atoms with Gasteiger partial charge < -0.3 is 0 Å². The van der Waals surface area contributed by atoms with Crippen molar-refractivity contribution in [2.45, 2.75) is 78.1 Å². The molecule has 0 aliphatic heterocycles. The second kappa shape index (κ2) is 6.39. The highest BCUT2D eigenvalue weighted by molar-refractivity contribution is 5.44. The molecule has 2 aromatic carbocycles. The zero-order valence-corrected chi connectivity index (χ0v) is 16.7. The Morgan fingerprint density at radius 1 is 0.708 bits per heavy atom. The molecule has 2 aromatic rings. The van der Waals surface area contributed by atoms with Gasteiger partial charge in [-0.15, -0.1) is 0 Å². The van der Waals surface area contributed by atoms with Crippen molar-refractivity contribution < 1.29 is 0 Å². The van der Waals surface area contributed by atoms with E-state index in [9.17, 15) is 0 Å². The molecule has 0 aliphatic carbocycles. The molecule has 0 heteroatoms. The van der Waals surface area contributed by atoms with Gasteiger partial charge in [0, 0.05) is 0 Å². The highest BCUT2D eigenvalue weighted by Gasteiger charge is 2.30. The second-order valence-corrected chi connectivity index (χ2v) is 9.68. The van der Waals surface area contributed by atoms with Crippen LogP contribution in [0.25, 0.3) is 0 Å². The molecule has 0 fully saturated rings. The van der Waals surface area contributed by atoms with Crippen molar-refractivity contribution in [3.05, 3.63) is 70.8 Å². The predicted molar refractivity (Wildman–Crippen MR) is 106 cm³/mol. The Morgan fingerprint density at radius 2 is 1.17 bits per heavy atom. The van der Waals surface area contributed by atoms with Gasteiger partial charge in [-0.05, 0) is 51.0 Å². The van der Waals surface area contributed by atoms with Crippen LogP contribution in [0.3, 0.4) is 0 Å². The van der Waals surface area contributed by atoms with E-state index in [1.54, 1.807) is 0 Å². The molecule has 0 saturated heterocycles. The SMILES string of the molecule is CC(C)(C)c1cccc(C(C)(C)C)c1CC(C)(C)c1cc[c]cc1. The van der Waals surface area contributed by atoms with Crippen LogP contribution in [0.2, 0.25) is 0 Å². The van der Waals surface area contributed by atoms with Crippen molar-refractivity contribution in [3.63, 3.8) is 0 Å². The first-order valence-corrected chi connectivity index (χ1v) is 9.02. The number of hydrogen-bond donors (Lipinski definition) is 0.